The Morgan fingerprint density at radius 1 is 1.29 bits per heavy atom. The van der Waals surface area contributed by atoms with E-state index >= 15 is 0 Å². The molecule has 0 amide bonds. The summed E-state index contributed by atoms with van der Waals surface area (Å²) >= 11 is 8.34. The number of fused-ring (bicyclic) bond motifs is 1. The number of aromatic nitrogens is 2. The van der Waals surface area contributed by atoms with E-state index in [2.05, 4.69) is 33.6 Å². The second-order valence-electron chi connectivity index (χ2n) is 4.74. The Hall–Kier alpha value is -1.58. The lowest BCUT2D eigenvalue weighted by molar-refractivity contribution is 0.971. The van der Waals surface area contributed by atoms with E-state index < -0.39 is 0 Å². The maximum atomic E-state index is 9.12. The Labute approximate surface area is 141 Å². The summed E-state index contributed by atoms with van der Waals surface area (Å²) < 4.78 is 3.17. The van der Waals surface area contributed by atoms with Gasteiger partial charge in [-0.3, -0.25) is 4.57 Å². The van der Waals surface area contributed by atoms with E-state index in [0.717, 1.165) is 31.7 Å². The average molecular weight is 408 g/mol. The van der Waals surface area contributed by atoms with Crippen LogP contribution in [0.5, 0.6) is 0 Å². The van der Waals surface area contributed by atoms with E-state index in [-0.39, 0.29) is 0 Å². The van der Waals surface area contributed by atoms with Gasteiger partial charge in [0.1, 0.15) is 5.82 Å². The number of nitriles is 1. The molecule has 0 aliphatic rings. The van der Waals surface area contributed by atoms with E-state index in [0.29, 0.717) is 11.4 Å². The van der Waals surface area contributed by atoms with Gasteiger partial charge in [-0.05, 0) is 65.4 Å². The molecular weight excluding hydrogens is 397 g/mol. The minimum atomic E-state index is 0.321. The third kappa shape index (κ3) is 2.52. The van der Waals surface area contributed by atoms with Crippen molar-refractivity contribution in [2.24, 2.45) is 0 Å². The molecule has 0 N–H and O–H groups in total. The van der Waals surface area contributed by atoms with Gasteiger partial charge in [0.25, 0.3) is 0 Å². The molecule has 0 saturated heterocycles. The van der Waals surface area contributed by atoms with E-state index in [1.54, 1.807) is 0 Å². The molecule has 0 aliphatic carbocycles. The Balaban J connectivity index is 2.36. The summed E-state index contributed by atoms with van der Waals surface area (Å²) in [5, 5.41) is 9.12. The van der Waals surface area contributed by atoms with E-state index in [9.17, 15) is 0 Å². The van der Waals surface area contributed by atoms with Crippen molar-refractivity contribution in [1.82, 2.24) is 9.55 Å². The maximum absolute atomic E-state index is 9.12. The minimum Gasteiger partial charge on any atom is -0.295 e. The van der Waals surface area contributed by atoms with Crippen LogP contribution < -0.4 is 0 Å². The number of aryl methyl sites for hydroxylation is 1. The average Bonchev–Trinajstić information content (AvgIpc) is 2.85. The van der Waals surface area contributed by atoms with Gasteiger partial charge in [-0.1, -0.05) is 6.07 Å². The molecule has 0 saturated carbocycles. The molecular formula is C16H11ClIN3. The van der Waals surface area contributed by atoms with Crippen molar-refractivity contribution in [3.63, 3.8) is 0 Å². The first-order valence-electron chi connectivity index (χ1n) is 6.38. The van der Waals surface area contributed by atoms with Crippen LogP contribution in [0.15, 0.2) is 36.4 Å². The van der Waals surface area contributed by atoms with Gasteiger partial charge in [0.15, 0.2) is 0 Å². The molecule has 3 aromatic rings. The number of hydrogen-bond donors (Lipinski definition) is 0. The number of imidazole rings is 1. The lowest BCUT2D eigenvalue weighted by atomic mass is 10.1. The van der Waals surface area contributed by atoms with Crippen LogP contribution in [0.1, 0.15) is 17.0 Å². The molecule has 5 heteroatoms. The standard InChI is InChI=1S/C16H11ClIN3/c1-10-2-3-11(9-19)6-15(10)21-14-5-4-12(18)7-13(14)20-16(21)8-17/h2-7H,8H2,1H3. The number of benzene rings is 2. The van der Waals surface area contributed by atoms with Gasteiger partial charge in [-0.2, -0.15) is 5.26 Å². The lowest BCUT2D eigenvalue weighted by Gasteiger charge is -2.11. The van der Waals surface area contributed by atoms with E-state index in [1.165, 1.54) is 0 Å². The second kappa shape index (κ2) is 5.66. The van der Waals surface area contributed by atoms with Crippen LogP contribution in [-0.2, 0) is 5.88 Å². The van der Waals surface area contributed by atoms with Gasteiger partial charge in [-0.25, -0.2) is 4.98 Å². The second-order valence-corrected chi connectivity index (χ2v) is 6.26. The van der Waals surface area contributed by atoms with Gasteiger partial charge in [0.05, 0.1) is 34.2 Å². The summed E-state index contributed by atoms with van der Waals surface area (Å²) in [6.45, 7) is 2.02. The molecule has 104 valence electrons. The molecule has 3 rings (SSSR count). The van der Waals surface area contributed by atoms with Gasteiger partial charge < -0.3 is 0 Å². The van der Waals surface area contributed by atoms with Crippen LogP contribution >= 0.6 is 34.2 Å². The largest absolute Gasteiger partial charge is 0.295 e. The Kier molecular flexibility index (Phi) is 3.87. The van der Waals surface area contributed by atoms with Gasteiger partial charge in [0, 0.05) is 3.57 Å². The molecule has 0 atom stereocenters. The first kappa shape index (κ1) is 14.4. The van der Waals surface area contributed by atoms with Crippen molar-refractivity contribution >= 4 is 45.2 Å². The summed E-state index contributed by atoms with van der Waals surface area (Å²) in [6.07, 6.45) is 0. The SMILES string of the molecule is Cc1ccc(C#N)cc1-n1c(CCl)nc2cc(I)ccc21. The summed E-state index contributed by atoms with van der Waals surface area (Å²) in [5.74, 6) is 1.11. The molecule has 1 heterocycles. The third-order valence-electron chi connectivity index (χ3n) is 3.38. The van der Waals surface area contributed by atoms with Crippen molar-refractivity contribution in [2.75, 3.05) is 0 Å². The first-order valence-corrected chi connectivity index (χ1v) is 7.99. The number of alkyl halides is 1. The molecule has 1 aromatic heterocycles. The summed E-state index contributed by atoms with van der Waals surface area (Å²) in [7, 11) is 0. The van der Waals surface area contributed by atoms with Crippen molar-refractivity contribution < 1.29 is 0 Å². The Morgan fingerprint density at radius 3 is 2.81 bits per heavy atom. The topological polar surface area (TPSA) is 41.6 Å². The molecule has 0 fully saturated rings. The highest BCUT2D eigenvalue weighted by atomic mass is 127. The van der Waals surface area contributed by atoms with E-state index in [4.69, 9.17) is 16.9 Å². The van der Waals surface area contributed by atoms with Gasteiger partial charge >= 0.3 is 0 Å². The zero-order valence-corrected chi connectivity index (χ0v) is 14.2. The smallest absolute Gasteiger partial charge is 0.129 e. The monoisotopic (exact) mass is 407 g/mol. The van der Waals surface area contributed by atoms with Crippen LogP contribution in [-0.4, -0.2) is 9.55 Å². The number of rotatable bonds is 2. The fourth-order valence-corrected chi connectivity index (χ4v) is 3.04. The first-order chi connectivity index (χ1) is 10.1. The quantitative estimate of drug-likeness (QED) is 0.462. The number of nitrogens with zero attached hydrogens (tertiary/aromatic N) is 3. The van der Waals surface area contributed by atoms with E-state index in [1.807, 2.05) is 47.9 Å². The Morgan fingerprint density at radius 2 is 2.10 bits per heavy atom. The molecule has 21 heavy (non-hydrogen) atoms. The fraction of sp³-hybridized carbons (Fsp3) is 0.125. The predicted octanol–water partition coefficient (Wildman–Crippen LogP) is 4.55. The molecule has 2 aromatic carbocycles. The number of hydrogen-bond acceptors (Lipinski definition) is 2. The summed E-state index contributed by atoms with van der Waals surface area (Å²) in [6, 6.07) is 14.0. The lowest BCUT2D eigenvalue weighted by Crippen LogP contribution is -2.02. The molecule has 0 bridgehead atoms. The van der Waals surface area contributed by atoms with Crippen molar-refractivity contribution in [3.05, 3.63) is 56.9 Å². The molecule has 0 unspecified atom stereocenters. The van der Waals surface area contributed by atoms with Gasteiger partial charge in [0.2, 0.25) is 0 Å². The minimum absolute atomic E-state index is 0.321. The predicted molar refractivity (Wildman–Crippen MR) is 92.8 cm³/mol. The molecule has 0 spiro atoms. The van der Waals surface area contributed by atoms with Crippen molar-refractivity contribution in [3.8, 4) is 11.8 Å². The van der Waals surface area contributed by atoms with Crippen LogP contribution in [0.3, 0.4) is 0 Å². The van der Waals surface area contributed by atoms with Crippen LogP contribution in [0.25, 0.3) is 16.7 Å². The zero-order chi connectivity index (χ0) is 15.0. The highest BCUT2D eigenvalue weighted by Crippen LogP contribution is 2.26. The maximum Gasteiger partial charge on any atom is 0.129 e. The Bertz CT molecular complexity index is 877. The fourth-order valence-electron chi connectivity index (χ4n) is 2.38. The highest BCUT2D eigenvalue weighted by molar-refractivity contribution is 14.1. The van der Waals surface area contributed by atoms with Crippen LogP contribution in [0, 0.1) is 21.8 Å². The molecule has 0 radical (unpaired) electrons. The van der Waals surface area contributed by atoms with Crippen LogP contribution in [0.2, 0.25) is 0 Å². The third-order valence-corrected chi connectivity index (χ3v) is 4.29. The molecule has 3 nitrogen and oxygen atoms in total. The highest BCUT2D eigenvalue weighted by Gasteiger charge is 2.14. The summed E-state index contributed by atoms with van der Waals surface area (Å²) in [5.41, 5.74) is 4.58. The summed E-state index contributed by atoms with van der Waals surface area (Å²) in [4.78, 5) is 4.61. The van der Waals surface area contributed by atoms with Gasteiger partial charge in [-0.15, -0.1) is 11.6 Å². The van der Waals surface area contributed by atoms with Crippen molar-refractivity contribution in [2.45, 2.75) is 12.8 Å². The molecule has 0 aliphatic heterocycles. The van der Waals surface area contributed by atoms with Crippen molar-refractivity contribution in [1.29, 1.82) is 5.26 Å². The van der Waals surface area contributed by atoms with Crippen LogP contribution in [0.4, 0.5) is 0 Å². The number of halogens is 2. The normalized spacial score (nSPS) is 10.8. The zero-order valence-electron chi connectivity index (χ0n) is 11.3.